The summed E-state index contributed by atoms with van der Waals surface area (Å²) in [5.74, 6) is -0.399. The summed E-state index contributed by atoms with van der Waals surface area (Å²) < 4.78 is 6.70. The molecule has 0 bridgehead atoms. The first kappa shape index (κ1) is 15.1. The molecule has 0 fully saturated rings. The Morgan fingerprint density at radius 1 is 1.22 bits per heavy atom. The molecule has 0 radical (unpaired) electrons. The number of ether oxygens (including phenoxy) is 1. The van der Waals surface area contributed by atoms with Gasteiger partial charge in [-0.1, -0.05) is 17.8 Å². The first-order chi connectivity index (χ1) is 11.1. The summed E-state index contributed by atoms with van der Waals surface area (Å²) in [5.41, 5.74) is 1.28. The normalized spacial score (nSPS) is 10.7. The van der Waals surface area contributed by atoms with Gasteiger partial charge >= 0.3 is 5.97 Å². The highest BCUT2D eigenvalue weighted by Crippen LogP contribution is 2.32. The number of esters is 1. The number of hydrogen-bond donors (Lipinski definition) is 0. The van der Waals surface area contributed by atoms with Gasteiger partial charge in [0.1, 0.15) is 0 Å². The zero-order valence-electron chi connectivity index (χ0n) is 12.1. The molecule has 0 saturated heterocycles. The molecule has 6 nitrogen and oxygen atoms in total. The van der Waals surface area contributed by atoms with Crippen molar-refractivity contribution in [2.24, 2.45) is 0 Å². The number of carbonyl (C=O) groups excluding carboxylic acids is 1. The van der Waals surface area contributed by atoms with Gasteiger partial charge in [-0.3, -0.25) is 10.1 Å². The van der Waals surface area contributed by atoms with Gasteiger partial charge in [-0.25, -0.2) is 4.79 Å². The van der Waals surface area contributed by atoms with E-state index >= 15 is 0 Å². The van der Waals surface area contributed by atoms with Crippen molar-refractivity contribution >= 4 is 28.9 Å². The van der Waals surface area contributed by atoms with Crippen molar-refractivity contribution < 1.29 is 14.5 Å². The molecule has 0 amide bonds. The number of pyridine rings is 1. The molecule has 0 aliphatic rings. The quantitative estimate of drug-likeness (QED) is 0.414. The Hall–Kier alpha value is -2.80. The second-order valence-corrected chi connectivity index (χ2v) is 5.79. The van der Waals surface area contributed by atoms with Crippen LogP contribution in [0.1, 0.15) is 10.4 Å². The van der Waals surface area contributed by atoms with E-state index in [2.05, 4.69) is 0 Å². The highest BCUT2D eigenvalue weighted by atomic mass is 32.2. The second-order valence-electron chi connectivity index (χ2n) is 4.70. The third-order valence-corrected chi connectivity index (χ3v) is 4.35. The van der Waals surface area contributed by atoms with E-state index in [4.69, 9.17) is 4.74 Å². The van der Waals surface area contributed by atoms with Crippen molar-refractivity contribution in [1.82, 2.24) is 4.40 Å². The van der Waals surface area contributed by atoms with Crippen molar-refractivity contribution in [2.75, 3.05) is 7.11 Å². The lowest BCUT2D eigenvalue weighted by atomic mass is 10.2. The van der Waals surface area contributed by atoms with Crippen LogP contribution in [0.4, 0.5) is 5.69 Å². The number of nitro groups is 1. The maximum Gasteiger partial charge on any atom is 0.340 e. The van der Waals surface area contributed by atoms with Gasteiger partial charge in [-0.2, -0.15) is 0 Å². The molecule has 0 atom stereocenters. The Labute approximate surface area is 135 Å². The van der Waals surface area contributed by atoms with Crippen LogP contribution in [0.25, 0.3) is 5.52 Å². The average molecular weight is 328 g/mol. The van der Waals surface area contributed by atoms with Crippen LogP contribution in [0.3, 0.4) is 0 Å². The van der Waals surface area contributed by atoms with Crippen molar-refractivity contribution in [3.8, 4) is 0 Å². The molecule has 0 unspecified atom stereocenters. The number of rotatable bonds is 4. The Morgan fingerprint density at radius 3 is 2.61 bits per heavy atom. The number of methoxy groups -OCH3 is 1. The number of aromatic nitrogens is 1. The van der Waals surface area contributed by atoms with Crippen molar-refractivity contribution in [1.29, 1.82) is 0 Å². The average Bonchev–Trinajstić information content (AvgIpc) is 2.93. The van der Waals surface area contributed by atoms with Gasteiger partial charge in [0.15, 0.2) is 0 Å². The summed E-state index contributed by atoms with van der Waals surface area (Å²) in [4.78, 5) is 23.0. The van der Waals surface area contributed by atoms with Crippen LogP contribution < -0.4 is 0 Å². The number of carbonyl (C=O) groups is 1. The molecule has 3 rings (SSSR count). The highest BCUT2D eigenvalue weighted by Gasteiger charge is 2.16. The lowest BCUT2D eigenvalue weighted by molar-refractivity contribution is -0.384. The van der Waals surface area contributed by atoms with Gasteiger partial charge in [0.05, 0.1) is 28.1 Å². The highest BCUT2D eigenvalue weighted by molar-refractivity contribution is 7.99. The number of benzene rings is 1. The Kier molecular flexibility index (Phi) is 4.03. The fourth-order valence-corrected chi connectivity index (χ4v) is 3.18. The van der Waals surface area contributed by atoms with E-state index in [1.54, 1.807) is 18.2 Å². The number of nitrogens with zero attached hydrogens (tertiary/aromatic N) is 2. The second kappa shape index (κ2) is 6.13. The summed E-state index contributed by atoms with van der Waals surface area (Å²) in [6.45, 7) is 0. The monoisotopic (exact) mass is 328 g/mol. The zero-order valence-corrected chi connectivity index (χ0v) is 12.9. The Morgan fingerprint density at radius 2 is 1.96 bits per heavy atom. The minimum Gasteiger partial charge on any atom is -0.465 e. The molecule has 2 aromatic heterocycles. The van der Waals surface area contributed by atoms with Gasteiger partial charge in [0.2, 0.25) is 0 Å². The predicted molar refractivity (Wildman–Crippen MR) is 86.0 cm³/mol. The molecule has 2 heterocycles. The largest absolute Gasteiger partial charge is 0.465 e. The van der Waals surface area contributed by atoms with Crippen LogP contribution in [0.5, 0.6) is 0 Å². The van der Waals surface area contributed by atoms with E-state index in [0.717, 1.165) is 15.4 Å². The predicted octanol–water partition coefficient (Wildman–Crippen LogP) is 3.79. The third kappa shape index (κ3) is 2.91. The number of non-ortho nitro benzene ring substituents is 1. The molecule has 0 N–H and O–H groups in total. The van der Waals surface area contributed by atoms with E-state index in [0.29, 0.717) is 5.56 Å². The van der Waals surface area contributed by atoms with Crippen LogP contribution in [0, 0.1) is 10.1 Å². The molecule has 0 aliphatic heterocycles. The first-order valence-corrected chi connectivity index (χ1v) is 7.52. The maximum atomic E-state index is 11.9. The summed E-state index contributed by atoms with van der Waals surface area (Å²) >= 11 is 1.42. The minimum atomic E-state index is -0.434. The summed E-state index contributed by atoms with van der Waals surface area (Å²) in [6.07, 6.45) is 1.86. The fourth-order valence-electron chi connectivity index (χ4n) is 2.23. The zero-order chi connectivity index (χ0) is 16.4. The topological polar surface area (TPSA) is 73.8 Å². The van der Waals surface area contributed by atoms with Crippen molar-refractivity contribution in [3.05, 3.63) is 70.4 Å². The molecule has 0 saturated carbocycles. The molecule has 116 valence electrons. The molecule has 0 aliphatic carbocycles. The van der Waals surface area contributed by atoms with Crippen LogP contribution >= 0.6 is 11.8 Å². The number of fused-ring (bicyclic) bond motifs is 1. The molecule has 0 spiro atoms. The Bertz CT molecular complexity index is 887. The molecule has 3 aromatic rings. The molecule has 1 aromatic carbocycles. The van der Waals surface area contributed by atoms with Crippen molar-refractivity contribution in [3.63, 3.8) is 0 Å². The van der Waals surface area contributed by atoms with E-state index in [9.17, 15) is 14.9 Å². The summed E-state index contributed by atoms with van der Waals surface area (Å²) in [5, 5.41) is 11.5. The summed E-state index contributed by atoms with van der Waals surface area (Å²) in [7, 11) is 1.35. The van der Waals surface area contributed by atoms with E-state index in [1.165, 1.54) is 31.0 Å². The van der Waals surface area contributed by atoms with Gasteiger partial charge in [-0.05, 0) is 30.3 Å². The van der Waals surface area contributed by atoms with Crippen LogP contribution in [0.2, 0.25) is 0 Å². The lowest BCUT2D eigenvalue weighted by Gasteiger charge is -2.02. The summed E-state index contributed by atoms with van der Waals surface area (Å²) in [6, 6.07) is 13.6. The fraction of sp³-hybridized carbons (Fsp3) is 0.0625. The maximum absolute atomic E-state index is 11.9. The van der Waals surface area contributed by atoms with Crippen molar-refractivity contribution in [2.45, 2.75) is 9.92 Å². The van der Waals surface area contributed by atoms with Gasteiger partial charge < -0.3 is 9.14 Å². The van der Waals surface area contributed by atoms with E-state index < -0.39 is 10.9 Å². The lowest BCUT2D eigenvalue weighted by Crippen LogP contribution is -1.99. The van der Waals surface area contributed by atoms with Crippen LogP contribution in [-0.4, -0.2) is 22.4 Å². The standard InChI is InChI=1S/C16H12N2O4S/c1-22-16(19)13-10-15(17-9-3-2-4-14(13)17)23-12-7-5-11(6-8-12)18(20)21/h2-10H,1H3. The molecular weight excluding hydrogens is 316 g/mol. The van der Waals surface area contributed by atoms with Crippen LogP contribution in [-0.2, 0) is 4.74 Å². The molecular formula is C16H12N2O4S. The molecule has 7 heteroatoms. The first-order valence-electron chi connectivity index (χ1n) is 6.71. The van der Waals surface area contributed by atoms with Crippen LogP contribution in [0.15, 0.2) is 64.6 Å². The number of hydrogen-bond acceptors (Lipinski definition) is 5. The van der Waals surface area contributed by atoms with Gasteiger partial charge in [-0.15, -0.1) is 0 Å². The SMILES string of the molecule is COC(=O)c1cc(Sc2ccc([N+](=O)[O-])cc2)n2ccccc12. The van der Waals surface area contributed by atoms with Gasteiger partial charge in [0.25, 0.3) is 5.69 Å². The van der Waals surface area contributed by atoms with E-state index in [1.807, 2.05) is 28.8 Å². The number of nitro benzene ring substituents is 1. The minimum absolute atomic E-state index is 0.0459. The third-order valence-electron chi connectivity index (χ3n) is 3.32. The van der Waals surface area contributed by atoms with E-state index in [-0.39, 0.29) is 5.69 Å². The molecule has 23 heavy (non-hydrogen) atoms. The smallest absolute Gasteiger partial charge is 0.340 e. The Balaban J connectivity index is 1.99. The van der Waals surface area contributed by atoms with Gasteiger partial charge in [0, 0.05) is 23.2 Å².